The lowest BCUT2D eigenvalue weighted by Gasteiger charge is -2.32. The molecular weight excluding hydrogens is 320 g/mol. The van der Waals surface area contributed by atoms with Gasteiger partial charge in [-0.2, -0.15) is 0 Å². The number of benzene rings is 1. The molecule has 1 saturated heterocycles. The van der Waals surface area contributed by atoms with Crippen molar-refractivity contribution in [2.45, 2.75) is 19.4 Å². The standard InChI is InChI=1S/C18H26N4O3/c1-14-18(24)22(15-5-2-3-6-16(15)25-14)13-17(23)20-7-4-10-21-11-8-19-9-12-21/h2-3,5-6,14,19H,4,7-13H2,1H3,(H,20,23). The van der Waals surface area contributed by atoms with Gasteiger partial charge in [0.15, 0.2) is 6.10 Å². The van der Waals surface area contributed by atoms with E-state index >= 15 is 0 Å². The summed E-state index contributed by atoms with van der Waals surface area (Å²) in [5.74, 6) is 0.313. The molecule has 1 aromatic rings. The van der Waals surface area contributed by atoms with Crippen molar-refractivity contribution in [2.24, 2.45) is 0 Å². The number of nitrogens with zero attached hydrogens (tertiary/aromatic N) is 2. The molecule has 25 heavy (non-hydrogen) atoms. The number of fused-ring (bicyclic) bond motifs is 1. The molecule has 2 heterocycles. The molecule has 2 aliphatic rings. The summed E-state index contributed by atoms with van der Waals surface area (Å²) in [6.07, 6.45) is 0.339. The van der Waals surface area contributed by atoms with Gasteiger partial charge in [0.25, 0.3) is 5.91 Å². The number of nitrogens with one attached hydrogen (secondary N) is 2. The van der Waals surface area contributed by atoms with Crippen molar-refractivity contribution in [3.8, 4) is 5.75 Å². The van der Waals surface area contributed by atoms with Crippen LogP contribution >= 0.6 is 0 Å². The molecule has 2 N–H and O–H groups in total. The van der Waals surface area contributed by atoms with Gasteiger partial charge in [0.1, 0.15) is 12.3 Å². The van der Waals surface area contributed by atoms with Gasteiger partial charge in [-0.15, -0.1) is 0 Å². The summed E-state index contributed by atoms with van der Waals surface area (Å²) in [7, 11) is 0. The summed E-state index contributed by atoms with van der Waals surface area (Å²) in [5, 5.41) is 6.25. The first-order valence-corrected chi connectivity index (χ1v) is 8.92. The minimum absolute atomic E-state index is 0.0250. The van der Waals surface area contributed by atoms with Crippen molar-refractivity contribution in [1.82, 2.24) is 15.5 Å². The molecule has 2 aliphatic heterocycles. The van der Waals surface area contributed by atoms with Crippen LogP contribution in [0.5, 0.6) is 5.75 Å². The molecule has 0 bridgehead atoms. The minimum atomic E-state index is -0.574. The fourth-order valence-electron chi connectivity index (χ4n) is 3.19. The van der Waals surface area contributed by atoms with Gasteiger partial charge in [-0.1, -0.05) is 12.1 Å². The van der Waals surface area contributed by atoms with E-state index in [4.69, 9.17) is 4.74 Å². The molecule has 0 aromatic heterocycles. The predicted molar refractivity (Wildman–Crippen MR) is 95.8 cm³/mol. The highest BCUT2D eigenvalue weighted by atomic mass is 16.5. The third-order valence-electron chi connectivity index (χ3n) is 4.56. The first-order chi connectivity index (χ1) is 12.1. The molecule has 136 valence electrons. The molecule has 3 rings (SSSR count). The second-order valence-electron chi connectivity index (χ2n) is 6.45. The second-order valence-corrected chi connectivity index (χ2v) is 6.45. The maximum absolute atomic E-state index is 12.4. The van der Waals surface area contributed by atoms with Crippen LogP contribution in [0.4, 0.5) is 5.69 Å². The zero-order valence-electron chi connectivity index (χ0n) is 14.7. The molecular formula is C18H26N4O3. The fraction of sp³-hybridized carbons (Fsp3) is 0.556. The van der Waals surface area contributed by atoms with Crippen molar-refractivity contribution in [3.05, 3.63) is 24.3 Å². The number of ether oxygens (including phenoxy) is 1. The zero-order valence-corrected chi connectivity index (χ0v) is 14.7. The van der Waals surface area contributed by atoms with E-state index in [0.29, 0.717) is 18.0 Å². The Labute approximate surface area is 148 Å². The van der Waals surface area contributed by atoms with Gasteiger partial charge in [0, 0.05) is 32.7 Å². The monoisotopic (exact) mass is 346 g/mol. The van der Waals surface area contributed by atoms with Crippen molar-refractivity contribution < 1.29 is 14.3 Å². The van der Waals surface area contributed by atoms with Crippen LogP contribution in [0.15, 0.2) is 24.3 Å². The van der Waals surface area contributed by atoms with E-state index in [0.717, 1.165) is 39.1 Å². The van der Waals surface area contributed by atoms with Crippen LogP contribution in [0.3, 0.4) is 0 Å². The molecule has 7 heteroatoms. The molecule has 0 radical (unpaired) electrons. The highest BCUT2D eigenvalue weighted by Gasteiger charge is 2.32. The van der Waals surface area contributed by atoms with E-state index in [9.17, 15) is 9.59 Å². The Morgan fingerprint density at radius 3 is 2.88 bits per heavy atom. The van der Waals surface area contributed by atoms with E-state index < -0.39 is 6.10 Å². The largest absolute Gasteiger partial charge is 0.479 e. The van der Waals surface area contributed by atoms with Crippen LogP contribution in [0.1, 0.15) is 13.3 Å². The van der Waals surface area contributed by atoms with Crippen LogP contribution in [0.25, 0.3) is 0 Å². The van der Waals surface area contributed by atoms with E-state index in [1.165, 1.54) is 4.90 Å². The number of hydrogen-bond donors (Lipinski definition) is 2. The summed E-state index contributed by atoms with van der Waals surface area (Å²) < 4.78 is 5.59. The Morgan fingerprint density at radius 1 is 1.32 bits per heavy atom. The second kappa shape index (κ2) is 8.31. The Morgan fingerprint density at radius 2 is 2.08 bits per heavy atom. The normalized spacial score (nSPS) is 20.8. The predicted octanol–water partition coefficient (Wildman–Crippen LogP) is 0.212. The van der Waals surface area contributed by atoms with E-state index in [1.54, 1.807) is 13.0 Å². The van der Waals surface area contributed by atoms with Crippen molar-refractivity contribution in [2.75, 3.05) is 50.7 Å². The lowest BCUT2D eigenvalue weighted by Crippen LogP contribution is -2.49. The SMILES string of the molecule is CC1Oc2ccccc2N(CC(=O)NCCCN2CCNCC2)C1=O. The molecule has 1 fully saturated rings. The smallest absolute Gasteiger partial charge is 0.268 e. The summed E-state index contributed by atoms with van der Waals surface area (Å²) >= 11 is 0. The summed E-state index contributed by atoms with van der Waals surface area (Å²) in [4.78, 5) is 28.5. The zero-order chi connectivity index (χ0) is 17.6. The number of rotatable bonds is 6. The average molecular weight is 346 g/mol. The molecule has 0 aliphatic carbocycles. The number of para-hydroxylation sites is 2. The number of carbonyl (C=O) groups excluding carboxylic acids is 2. The Bertz CT molecular complexity index is 616. The lowest BCUT2D eigenvalue weighted by atomic mass is 10.2. The highest BCUT2D eigenvalue weighted by molar-refractivity contribution is 6.03. The molecule has 1 atom stereocenters. The number of anilines is 1. The van der Waals surface area contributed by atoms with Gasteiger partial charge >= 0.3 is 0 Å². The quantitative estimate of drug-likeness (QED) is 0.721. The first kappa shape index (κ1) is 17.7. The third kappa shape index (κ3) is 4.49. The van der Waals surface area contributed by atoms with E-state index in [-0.39, 0.29) is 18.4 Å². The number of piperazine rings is 1. The number of amides is 2. The van der Waals surface area contributed by atoms with Gasteiger partial charge in [0.05, 0.1) is 5.69 Å². The van der Waals surface area contributed by atoms with Crippen LogP contribution in [0.2, 0.25) is 0 Å². The van der Waals surface area contributed by atoms with Crippen LogP contribution in [0, 0.1) is 0 Å². The summed E-state index contributed by atoms with van der Waals surface area (Å²) in [6.45, 7) is 7.52. The van der Waals surface area contributed by atoms with Crippen LogP contribution in [-0.4, -0.2) is 68.6 Å². The Kier molecular flexibility index (Phi) is 5.88. The highest BCUT2D eigenvalue weighted by Crippen LogP contribution is 2.33. The maximum atomic E-state index is 12.4. The van der Waals surface area contributed by atoms with Crippen LogP contribution in [-0.2, 0) is 9.59 Å². The maximum Gasteiger partial charge on any atom is 0.268 e. The molecule has 7 nitrogen and oxygen atoms in total. The fourth-order valence-corrected chi connectivity index (χ4v) is 3.19. The van der Waals surface area contributed by atoms with Crippen molar-refractivity contribution in [1.29, 1.82) is 0 Å². The third-order valence-corrected chi connectivity index (χ3v) is 4.56. The molecule has 0 spiro atoms. The number of carbonyl (C=O) groups is 2. The van der Waals surface area contributed by atoms with E-state index in [2.05, 4.69) is 15.5 Å². The first-order valence-electron chi connectivity index (χ1n) is 8.92. The topological polar surface area (TPSA) is 73.9 Å². The Balaban J connectivity index is 1.48. The van der Waals surface area contributed by atoms with Crippen molar-refractivity contribution in [3.63, 3.8) is 0 Å². The van der Waals surface area contributed by atoms with Crippen molar-refractivity contribution >= 4 is 17.5 Å². The molecule has 1 aromatic carbocycles. The molecule has 0 saturated carbocycles. The van der Waals surface area contributed by atoms with E-state index in [1.807, 2.05) is 18.2 Å². The van der Waals surface area contributed by atoms with Gasteiger partial charge in [-0.3, -0.25) is 14.5 Å². The average Bonchev–Trinajstić information content (AvgIpc) is 2.63. The van der Waals surface area contributed by atoms with Gasteiger partial charge in [0.2, 0.25) is 5.91 Å². The molecule has 2 amide bonds. The summed E-state index contributed by atoms with van der Waals surface area (Å²) in [5.41, 5.74) is 0.654. The summed E-state index contributed by atoms with van der Waals surface area (Å²) in [6, 6.07) is 7.31. The van der Waals surface area contributed by atoms with Gasteiger partial charge < -0.3 is 20.3 Å². The number of hydrogen-bond acceptors (Lipinski definition) is 5. The van der Waals surface area contributed by atoms with Gasteiger partial charge in [-0.25, -0.2) is 0 Å². The lowest BCUT2D eigenvalue weighted by molar-refractivity contribution is -0.128. The van der Waals surface area contributed by atoms with Crippen LogP contribution < -0.4 is 20.3 Å². The van der Waals surface area contributed by atoms with Gasteiger partial charge in [-0.05, 0) is 32.0 Å². The molecule has 1 unspecified atom stereocenters. The Hall–Kier alpha value is -2.12. The minimum Gasteiger partial charge on any atom is -0.479 e.